The van der Waals surface area contributed by atoms with Gasteiger partial charge in [0.05, 0.1) is 4.90 Å². The first-order valence-corrected chi connectivity index (χ1v) is 11.3. The molecular formula is C20H32ClN3O3S. The van der Waals surface area contributed by atoms with Crippen molar-refractivity contribution in [2.75, 3.05) is 33.2 Å². The minimum atomic E-state index is -3.58. The van der Waals surface area contributed by atoms with Crippen LogP contribution in [0.25, 0.3) is 0 Å². The summed E-state index contributed by atoms with van der Waals surface area (Å²) in [5, 5.41) is 3.30. The molecule has 28 heavy (non-hydrogen) atoms. The molecule has 0 spiro atoms. The summed E-state index contributed by atoms with van der Waals surface area (Å²) in [5.74, 6) is 0.582. The van der Waals surface area contributed by atoms with E-state index in [1.165, 1.54) is 0 Å². The van der Waals surface area contributed by atoms with Crippen molar-refractivity contribution in [3.05, 3.63) is 29.8 Å². The van der Waals surface area contributed by atoms with Crippen molar-refractivity contribution in [1.82, 2.24) is 14.5 Å². The molecule has 2 aliphatic rings. The van der Waals surface area contributed by atoms with Gasteiger partial charge >= 0.3 is 0 Å². The zero-order chi connectivity index (χ0) is 19.6. The lowest BCUT2D eigenvalue weighted by Crippen LogP contribution is -2.44. The molecule has 0 radical (unpaired) electrons. The maximum Gasteiger partial charge on any atom is 0.253 e. The SMILES string of the molecule is CC1CC(C)CN(S(=O)(=O)c2cccc(C(=O)N(C)C3CCNCC3)c2)C1.Cl. The second kappa shape index (κ2) is 9.57. The third kappa shape index (κ3) is 5.06. The minimum Gasteiger partial charge on any atom is -0.339 e. The predicted octanol–water partition coefficient (Wildman–Crippen LogP) is 2.60. The number of rotatable bonds is 4. The number of carbonyl (C=O) groups excluding carboxylic acids is 1. The molecule has 1 N–H and O–H groups in total. The van der Waals surface area contributed by atoms with E-state index in [-0.39, 0.29) is 29.3 Å². The highest BCUT2D eigenvalue weighted by molar-refractivity contribution is 7.89. The fourth-order valence-electron chi connectivity index (χ4n) is 4.30. The zero-order valence-corrected chi connectivity index (χ0v) is 18.6. The largest absolute Gasteiger partial charge is 0.339 e. The molecule has 2 unspecified atom stereocenters. The number of halogens is 1. The summed E-state index contributed by atoms with van der Waals surface area (Å²) in [6.45, 7) is 7.07. The second-order valence-electron chi connectivity index (χ2n) is 8.19. The molecule has 2 saturated heterocycles. The summed E-state index contributed by atoms with van der Waals surface area (Å²) in [6.07, 6.45) is 2.89. The van der Waals surface area contributed by atoms with E-state index in [1.54, 1.807) is 33.5 Å². The summed E-state index contributed by atoms with van der Waals surface area (Å²) >= 11 is 0. The number of carbonyl (C=O) groups is 1. The first-order valence-electron chi connectivity index (χ1n) is 9.87. The van der Waals surface area contributed by atoms with Gasteiger partial charge in [0, 0.05) is 31.7 Å². The van der Waals surface area contributed by atoms with Crippen molar-refractivity contribution in [3.8, 4) is 0 Å². The minimum absolute atomic E-state index is 0. The molecule has 2 heterocycles. The smallest absolute Gasteiger partial charge is 0.253 e. The molecule has 0 aliphatic carbocycles. The van der Waals surface area contributed by atoms with Gasteiger partial charge in [0.1, 0.15) is 0 Å². The van der Waals surface area contributed by atoms with Crippen molar-refractivity contribution in [2.45, 2.75) is 44.0 Å². The Morgan fingerprint density at radius 1 is 1.14 bits per heavy atom. The van der Waals surface area contributed by atoms with Gasteiger partial charge < -0.3 is 10.2 Å². The molecule has 2 atom stereocenters. The van der Waals surface area contributed by atoms with Crippen LogP contribution in [0.2, 0.25) is 0 Å². The molecule has 3 rings (SSSR count). The van der Waals surface area contributed by atoms with E-state index in [4.69, 9.17) is 0 Å². The summed E-state index contributed by atoms with van der Waals surface area (Å²) in [4.78, 5) is 14.9. The molecule has 0 saturated carbocycles. The standard InChI is InChI=1S/C20H31N3O3S.ClH/c1-15-11-16(2)14-23(13-15)27(25,26)19-6-4-5-17(12-19)20(24)22(3)18-7-9-21-10-8-18;/h4-6,12,15-16,18,21H,7-11,13-14H2,1-3H3;1H. The number of hydrogen-bond acceptors (Lipinski definition) is 4. The Labute approximate surface area is 175 Å². The molecule has 2 aliphatic heterocycles. The van der Waals surface area contributed by atoms with Gasteiger partial charge in [-0.2, -0.15) is 4.31 Å². The van der Waals surface area contributed by atoms with Gasteiger partial charge in [0.25, 0.3) is 5.91 Å². The molecule has 6 nitrogen and oxygen atoms in total. The lowest BCUT2D eigenvalue weighted by Gasteiger charge is -2.34. The Morgan fingerprint density at radius 2 is 1.75 bits per heavy atom. The maximum absolute atomic E-state index is 13.1. The summed E-state index contributed by atoms with van der Waals surface area (Å²) in [6, 6.07) is 6.72. The van der Waals surface area contributed by atoms with Gasteiger partial charge in [-0.3, -0.25) is 4.79 Å². The summed E-state index contributed by atoms with van der Waals surface area (Å²) in [7, 11) is -1.77. The Balaban J connectivity index is 0.00000280. The number of piperidine rings is 2. The normalized spacial score (nSPS) is 24.4. The Morgan fingerprint density at radius 3 is 2.36 bits per heavy atom. The van der Waals surface area contributed by atoms with E-state index in [1.807, 2.05) is 7.05 Å². The predicted molar refractivity (Wildman–Crippen MR) is 113 cm³/mol. The number of benzene rings is 1. The summed E-state index contributed by atoms with van der Waals surface area (Å²) in [5.41, 5.74) is 0.440. The zero-order valence-electron chi connectivity index (χ0n) is 16.9. The molecule has 8 heteroatoms. The van der Waals surface area contributed by atoms with Crippen LogP contribution in [0.3, 0.4) is 0 Å². The van der Waals surface area contributed by atoms with Crippen LogP contribution < -0.4 is 5.32 Å². The van der Waals surface area contributed by atoms with Crippen molar-refractivity contribution < 1.29 is 13.2 Å². The van der Waals surface area contributed by atoms with Crippen LogP contribution >= 0.6 is 12.4 Å². The first kappa shape index (κ1) is 23.1. The fourth-order valence-corrected chi connectivity index (χ4v) is 6.03. The van der Waals surface area contributed by atoms with Gasteiger partial charge in [-0.1, -0.05) is 19.9 Å². The second-order valence-corrected chi connectivity index (χ2v) is 10.1. The van der Waals surface area contributed by atoms with E-state index in [0.29, 0.717) is 30.5 Å². The van der Waals surface area contributed by atoms with Crippen LogP contribution in [0.5, 0.6) is 0 Å². The van der Waals surface area contributed by atoms with Gasteiger partial charge in [-0.05, 0) is 62.4 Å². The van der Waals surface area contributed by atoms with Crippen LogP contribution in [0.15, 0.2) is 29.2 Å². The van der Waals surface area contributed by atoms with Crippen LogP contribution in [0, 0.1) is 11.8 Å². The molecule has 1 aromatic rings. The maximum atomic E-state index is 13.1. The van der Waals surface area contributed by atoms with Gasteiger partial charge in [0.15, 0.2) is 0 Å². The molecule has 1 amide bonds. The highest BCUT2D eigenvalue weighted by atomic mass is 35.5. The van der Waals surface area contributed by atoms with Crippen molar-refractivity contribution in [3.63, 3.8) is 0 Å². The third-order valence-electron chi connectivity index (χ3n) is 5.73. The fraction of sp³-hybridized carbons (Fsp3) is 0.650. The van der Waals surface area contributed by atoms with E-state index < -0.39 is 10.0 Å². The van der Waals surface area contributed by atoms with E-state index in [9.17, 15) is 13.2 Å². The molecular weight excluding hydrogens is 398 g/mol. The lowest BCUT2D eigenvalue weighted by molar-refractivity contribution is 0.0703. The monoisotopic (exact) mass is 429 g/mol. The van der Waals surface area contributed by atoms with Crippen molar-refractivity contribution >= 4 is 28.3 Å². The average Bonchev–Trinajstić information content (AvgIpc) is 2.67. The molecule has 0 bridgehead atoms. The average molecular weight is 430 g/mol. The highest BCUT2D eigenvalue weighted by Crippen LogP contribution is 2.27. The Hall–Kier alpha value is -1.15. The number of hydrogen-bond donors (Lipinski definition) is 1. The van der Waals surface area contributed by atoms with Crippen LogP contribution in [-0.4, -0.2) is 62.8 Å². The van der Waals surface area contributed by atoms with Crippen molar-refractivity contribution in [1.29, 1.82) is 0 Å². The van der Waals surface area contributed by atoms with Gasteiger partial charge in [-0.25, -0.2) is 8.42 Å². The molecule has 2 fully saturated rings. The lowest BCUT2D eigenvalue weighted by atomic mass is 9.94. The van der Waals surface area contributed by atoms with E-state index >= 15 is 0 Å². The number of sulfonamides is 1. The van der Waals surface area contributed by atoms with Gasteiger partial charge in [-0.15, -0.1) is 12.4 Å². The molecule has 0 aromatic heterocycles. The first-order chi connectivity index (χ1) is 12.8. The van der Waals surface area contributed by atoms with Gasteiger partial charge in [0.2, 0.25) is 10.0 Å². The van der Waals surface area contributed by atoms with Crippen LogP contribution in [0.1, 0.15) is 43.5 Å². The number of amides is 1. The van der Waals surface area contributed by atoms with Crippen LogP contribution in [-0.2, 0) is 10.0 Å². The van der Waals surface area contributed by atoms with E-state index in [2.05, 4.69) is 19.2 Å². The highest BCUT2D eigenvalue weighted by Gasteiger charge is 2.32. The number of nitrogens with one attached hydrogen (secondary N) is 1. The van der Waals surface area contributed by atoms with Crippen LogP contribution in [0.4, 0.5) is 0 Å². The Kier molecular flexibility index (Phi) is 7.90. The molecule has 158 valence electrons. The number of nitrogens with zero attached hydrogens (tertiary/aromatic N) is 2. The summed E-state index contributed by atoms with van der Waals surface area (Å²) < 4.78 is 27.8. The van der Waals surface area contributed by atoms with E-state index in [0.717, 1.165) is 32.4 Å². The molecule has 1 aromatic carbocycles. The quantitative estimate of drug-likeness (QED) is 0.798. The topological polar surface area (TPSA) is 69.7 Å². The Bertz CT molecular complexity index is 771. The van der Waals surface area contributed by atoms with Crippen molar-refractivity contribution in [2.24, 2.45) is 11.8 Å². The third-order valence-corrected chi connectivity index (χ3v) is 7.56.